The van der Waals surface area contributed by atoms with Gasteiger partial charge in [-0.3, -0.25) is 0 Å². The van der Waals surface area contributed by atoms with E-state index in [2.05, 4.69) is 16.8 Å². The van der Waals surface area contributed by atoms with Crippen LogP contribution in [0.15, 0.2) is 21.3 Å². The number of hydrogen-bond acceptors (Lipinski definition) is 4. The van der Waals surface area contributed by atoms with Crippen LogP contribution in [0.25, 0.3) is 0 Å². The molecule has 1 aromatic rings. The quantitative estimate of drug-likeness (QED) is 0.370. The fraction of sp³-hybridized carbons (Fsp3) is 0.688. The van der Waals surface area contributed by atoms with Crippen LogP contribution in [-0.4, -0.2) is 49.8 Å². The molecule has 1 atom stereocenters. The number of nitrogens with zero attached hydrogens (tertiary/aromatic N) is 3. The fourth-order valence-corrected chi connectivity index (χ4v) is 5.82. The minimum absolute atomic E-state index is 0. The predicted octanol–water partition coefficient (Wildman–Crippen LogP) is 2.94. The highest BCUT2D eigenvalue weighted by Gasteiger charge is 2.23. The van der Waals surface area contributed by atoms with Gasteiger partial charge in [-0.15, -0.1) is 35.3 Å². The van der Waals surface area contributed by atoms with Gasteiger partial charge in [-0.2, -0.15) is 4.31 Å². The molecule has 6 nitrogen and oxygen atoms in total. The van der Waals surface area contributed by atoms with Gasteiger partial charge in [-0.05, 0) is 30.9 Å². The van der Waals surface area contributed by atoms with Gasteiger partial charge in [0.25, 0.3) is 10.0 Å². The summed E-state index contributed by atoms with van der Waals surface area (Å²) in [6.45, 7) is 9.19. The number of hydrogen-bond donors (Lipinski definition) is 1. The summed E-state index contributed by atoms with van der Waals surface area (Å²) in [5, 5.41) is 0. The Labute approximate surface area is 172 Å². The molecule has 0 aliphatic carbocycles. The maximum atomic E-state index is 12.5. The number of guanidine groups is 1. The standard InChI is InChI=1S/C16H28N4O2S2.HI/c1-4-20(5-2)24(21,22)15-9-8-14(23-15)11-18-16(17)19-10-6-7-13(3)12-19;/h8-9,13H,4-7,10-12H2,1-3H3,(H2,17,18);1H. The lowest BCUT2D eigenvalue weighted by atomic mass is 10.0. The zero-order valence-electron chi connectivity index (χ0n) is 15.1. The normalized spacial score (nSPS) is 19.1. The Morgan fingerprint density at radius 3 is 2.68 bits per heavy atom. The van der Waals surface area contributed by atoms with E-state index in [4.69, 9.17) is 5.73 Å². The van der Waals surface area contributed by atoms with Gasteiger partial charge in [-0.25, -0.2) is 13.4 Å². The first-order chi connectivity index (χ1) is 11.4. The van der Waals surface area contributed by atoms with Gasteiger partial charge >= 0.3 is 0 Å². The first-order valence-corrected chi connectivity index (χ1v) is 10.8. The molecule has 1 aliphatic heterocycles. The fourth-order valence-electron chi connectivity index (χ4n) is 2.93. The molecule has 1 fully saturated rings. The van der Waals surface area contributed by atoms with Gasteiger partial charge in [-0.1, -0.05) is 20.8 Å². The van der Waals surface area contributed by atoms with Crippen LogP contribution >= 0.6 is 35.3 Å². The molecule has 0 spiro atoms. The highest BCUT2D eigenvalue weighted by atomic mass is 127. The molecular weight excluding hydrogens is 471 g/mol. The largest absolute Gasteiger partial charge is 0.370 e. The lowest BCUT2D eigenvalue weighted by molar-refractivity contribution is 0.270. The third-order valence-electron chi connectivity index (χ3n) is 4.31. The number of nitrogens with two attached hydrogens (primary N) is 1. The van der Waals surface area contributed by atoms with Crippen molar-refractivity contribution in [3.63, 3.8) is 0 Å². The van der Waals surface area contributed by atoms with Crippen molar-refractivity contribution in [3.05, 3.63) is 17.0 Å². The molecule has 9 heteroatoms. The Morgan fingerprint density at radius 2 is 2.08 bits per heavy atom. The van der Waals surface area contributed by atoms with Gasteiger partial charge in [0.2, 0.25) is 0 Å². The molecule has 1 saturated heterocycles. The summed E-state index contributed by atoms with van der Waals surface area (Å²) in [6.07, 6.45) is 2.38. The molecule has 0 bridgehead atoms. The molecule has 144 valence electrons. The number of piperidine rings is 1. The van der Waals surface area contributed by atoms with Crippen LogP contribution in [0.2, 0.25) is 0 Å². The molecule has 2 rings (SSSR count). The molecule has 0 radical (unpaired) electrons. The first kappa shape index (κ1) is 22.7. The van der Waals surface area contributed by atoms with Gasteiger partial charge in [0.15, 0.2) is 5.96 Å². The van der Waals surface area contributed by atoms with E-state index in [1.54, 1.807) is 6.07 Å². The second-order valence-electron chi connectivity index (χ2n) is 6.18. The van der Waals surface area contributed by atoms with Crippen molar-refractivity contribution < 1.29 is 8.42 Å². The van der Waals surface area contributed by atoms with Crippen molar-refractivity contribution in [1.29, 1.82) is 0 Å². The Hall–Kier alpha value is -0.390. The second kappa shape index (κ2) is 10.1. The van der Waals surface area contributed by atoms with Gasteiger partial charge in [0.05, 0.1) is 6.54 Å². The summed E-state index contributed by atoms with van der Waals surface area (Å²) in [7, 11) is -3.38. The number of sulfonamides is 1. The Morgan fingerprint density at radius 1 is 1.40 bits per heavy atom. The van der Waals surface area contributed by atoms with E-state index in [0.717, 1.165) is 24.4 Å². The van der Waals surface area contributed by atoms with Crippen LogP contribution in [0.3, 0.4) is 0 Å². The molecule has 1 unspecified atom stereocenters. The maximum Gasteiger partial charge on any atom is 0.252 e. The van der Waals surface area contributed by atoms with Crippen LogP contribution in [-0.2, 0) is 16.6 Å². The third-order valence-corrected chi connectivity index (χ3v) is 7.90. The number of aliphatic imine (C=N–C) groups is 1. The van der Waals surface area contributed by atoms with Crippen molar-refractivity contribution in [3.8, 4) is 0 Å². The number of thiophene rings is 1. The van der Waals surface area contributed by atoms with E-state index in [1.807, 2.05) is 19.9 Å². The summed E-state index contributed by atoms with van der Waals surface area (Å²) < 4.78 is 26.8. The molecule has 1 aliphatic rings. The monoisotopic (exact) mass is 500 g/mol. The number of halogens is 1. The van der Waals surface area contributed by atoms with E-state index in [-0.39, 0.29) is 24.0 Å². The smallest absolute Gasteiger partial charge is 0.252 e. The molecule has 1 aromatic heterocycles. The van der Waals surface area contributed by atoms with Crippen LogP contribution in [0.5, 0.6) is 0 Å². The van der Waals surface area contributed by atoms with E-state index >= 15 is 0 Å². The van der Waals surface area contributed by atoms with Crippen LogP contribution in [0, 0.1) is 5.92 Å². The summed E-state index contributed by atoms with van der Waals surface area (Å²) in [5.74, 6) is 1.20. The highest BCUT2D eigenvalue weighted by molar-refractivity contribution is 14.0. The van der Waals surface area contributed by atoms with Crippen LogP contribution in [0.1, 0.15) is 38.5 Å². The summed E-state index contributed by atoms with van der Waals surface area (Å²) in [5.41, 5.74) is 6.10. The summed E-state index contributed by atoms with van der Waals surface area (Å²) in [6, 6.07) is 3.50. The average molecular weight is 500 g/mol. The molecule has 2 N–H and O–H groups in total. The lowest BCUT2D eigenvalue weighted by Crippen LogP contribution is -2.43. The van der Waals surface area contributed by atoms with Gasteiger partial charge in [0.1, 0.15) is 4.21 Å². The predicted molar refractivity (Wildman–Crippen MR) is 115 cm³/mol. The number of rotatable bonds is 6. The average Bonchev–Trinajstić information content (AvgIpc) is 3.03. The lowest BCUT2D eigenvalue weighted by Gasteiger charge is -2.31. The van der Waals surface area contributed by atoms with E-state index < -0.39 is 10.0 Å². The number of likely N-dealkylation sites (tertiary alicyclic amines) is 1. The van der Waals surface area contributed by atoms with Crippen molar-refractivity contribution >= 4 is 51.3 Å². The zero-order chi connectivity index (χ0) is 17.7. The molecular formula is C16H29IN4O2S2. The third kappa shape index (κ3) is 5.80. The zero-order valence-corrected chi connectivity index (χ0v) is 19.1. The molecule has 0 amide bonds. The van der Waals surface area contributed by atoms with E-state index in [0.29, 0.717) is 35.7 Å². The maximum absolute atomic E-state index is 12.5. The molecule has 0 saturated carbocycles. The minimum atomic E-state index is -3.38. The molecule has 25 heavy (non-hydrogen) atoms. The highest BCUT2D eigenvalue weighted by Crippen LogP contribution is 2.25. The van der Waals surface area contributed by atoms with Crippen molar-refractivity contribution in [2.45, 2.75) is 44.4 Å². The molecule has 0 aromatic carbocycles. The van der Waals surface area contributed by atoms with Gasteiger partial charge in [0, 0.05) is 31.1 Å². The molecule has 2 heterocycles. The van der Waals surface area contributed by atoms with Crippen molar-refractivity contribution in [2.24, 2.45) is 16.6 Å². The van der Waals surface area contributed by atoms with Crippen LogP contribution < -0.4 is 5.73 Å². The Balaban J connectivity index is 0.00000312. The summed E-state index contributed by atoms with van der Waals surface area (Å²) in [4.78, 5) is 7.49. The summed E-state index contributed by atoms with van der Waals surface area (Å²) >= 11 is 1.28. The minimum Gasteiger partial charge on any atom is -0.370 e. The topological polar surface area (TPSA) is 79.0 Å². The van der Waals surface area contributed by atoms with Crippen LogP contribution in [0.4, 0.5) is 0 Å². The Kier molecular flexibility index (Phi) is 9.13. The second-order valence-corrected chi connectivity index (χ2v) is 9.51. The first-order valence-electron chi connectivity index (χ1n) is 8.52. The Bertz CT molecular complexity index is 671. The van der Waals surface area contributed by atoms with Crippen molar-refractivity contribution in [1.82, 2.24) is 9.21 Å². The van der Waals surface area contributed by atoms with Crippen molar-refractivity contribution in [2.75, 3.05) is 26.2 Å². The van der Waals surface area contributed by atoms with E-state index in [9.17, 15) is 8.42 Å². The SMILES string of the molecule is CCN(CC)S(=O)(=O)c1ccc(CN=C(N)N2CCCC(C)C2)s1.I. The van der Waals surface area contributed by atoms with E-state index in [1.165, 1.54) is 22.1 Å². The van der Waals surface area contributed by atoms with Gasteiger partial charge < -0.3 is 10.6 Å².